The van der Waals surface area contributed by atoms with E-state index in [-0.39, 0.29) is 11.3 Å². The van der Waals surface area contributed by atoms with Crippen LogP contribution in [0, 0.1) is 17.6 Å². The van der Waals surface area contributed by atoms with Crippen molar-refractivity contribution in [2.75, 3.05) is 11.8 Å². The fraction of sp³-hybridized carbons (Fsp3) is 0.100. The first-order chi connectivity index (χ1) is 21.5. The number of fused-ring (bicyclic) bond motifs is 1. The van der Waals surface area contributed by atoms with Crippen LogP contribution in [0.4, 0.5) is 18.9 Å². The van der Waals surface area contributed by atoms with Gasteiger partial charge in [-0.2, -0.15) is 4.39 Å². The molecular weight excluding hydrogens is 679 g/mol. The van der Waals surface area contributed by atoms with Crippen LogP contribution < -0.4 is 10.0 Å². The van der Waals surface area contributed by atoms with Gasteiger partial charge in [-0.15, -0.1) is 0 Å². The highest BCUT2D eigenvalue weighted by Crippen LogP contribution is 2.26. The number of amides is 1. The summed E-state index contributed by atoms with van der Waals surface area (Å²) in [4.78, 5) is 37.3. The number of carbonyl (C=O) groups excluding carboxylic acids is 2. The molecule has 0 saturated carbocycles. The lowest BCUT2D eigenvalue weighted by atomic mass is 10.1. The number of rotatable bonds is 9. The van der Waals surface area contributed by atoms with Crippen molar-refractivity contribution in [1.82, 2.24) is 20.3 Å². The minimum Gasteiger partial charge on any atom is -0.467 e. The molecule has 0 radical (unpaired) electrons. The van der Waals surface area contributed by atoms with Crippen LogP contribution in [0.5, 0.6) is 0 Å². The number of pyridine rings is 3. The number of aromatic nitrogens is 3. The van der Waals surface area contributed by atoms with Crippen LogP contribution in [0.1, 0.15) is 16.1 Å². The van der Waals surface area contributed by atoms with Gasteiger partial charge in [-0.05, 0) is 69.5 Å². The van der Waals surface area contributed by atoms with E-state index in [4.69, 9.17) is 4.74 Å². The predicted molar refractivity (Wildman–Crippen MR) is 161 cm³/mol. The molecule has 0 saturated heterocycles. The molecule has 0 aliphatic carbocycles. The van der Waals surface area contributed by atoms with Gasteiger partial charge in [0, 0.05) is 36.5 Å². The fourth-order valence-corrected chi connectivity index (χ4v) is 5.95. The number of esters is 1. The second-order valence-electron chi connectivity index (χ2n) is 9.52. The molecule has 0 aliphatic heterocycles. The van der Waals surface area contributed by atoms with E-state index in [0.717, 1.165) is 7.11 Å². The van der Waals surface area contributed by atoms with Crippen molar-refractivity contribution in [3.8, 4) is 11.1 Å². The molecule has 1 atom stereocenters. The molecule has 3 aromatic heterocycles. The van der Waals surface area contributed by atoms with Crippen molar-refractivity contribution in [3.05, 3.63) is 113 Å². The standard InChI is InChI=1S/C30H21BrF3N5O5S/c1-44-30(41)25(14-24-20-3-2-9-36-28(20)21(31)15-37-24)38-29(40)27-22(32)12-18(13-23(27)33)39-45(42,43)19-6-4-16(5-7-19)17-8-10-35-26(34)11-17/h2-13,15,25,39H,14H2,1H3,(H,38,40)/t25-/m0/s1. The van der Waals surface area contributed by atoms with E-state index in [0.29, 0.717) is 44.3 Å². The van der Waals surface area contributed by atoms with Crippen LogP contribution in [0.2, 0.25) is 0 Å². The number of hydrogen-bond acceptors (Lipinski definition) is 8. The zero-order chi connectivity index (χ0) is 32.3. The molecule has 2 aromatic carbocycles. The molecule has 0 bridgehead atoms. The number of ether oxygens (including phenoxy) is 1. The van der Waals surface area contributed by atoms with Gasteiger partial charge in [0.25, 0.3) is 15.9 Å². The summed E-state index contributed by atoms with van der Waals surface area (Å²) in [5.41, 5.74) is 0.343. The average Bonchev–Trinajstić information content (AvgIpc) is 3.01. The number of nitrogens with zero attached hydrogens (tertiary/aromatic N) is 3. The Morgan fingerprint density at radius 2 is 1.64 bits per heavy atom. The number of hydrogen-bond donors (Lipinski definition) is 2. The lowest BCUT2D eigenvalue weighted by molar-refractivity contribution is -0.142. The third-order valence-electron chi connectivity index (χ3n) is 6.61. The first-order valence-electron chi connectivity index (χ1n) is 13.0. The second kappa shape index (κ2) is 13.0. The Balaban J connectivity index is 1.35. The number of nitrogens with one attached hydrogen (secondary N) is 2. The van der Waals surface area contributed by atoms with E-state index in [1.54, 1.807) is 24.4 Å². The number of carbonyl (C=O) groups is 2. The van der Waals surface area contributed by atoms with Crippen LogP contribution in [-0.4, -0.2) is 48.4 Å². The van der Waals surface area contributed by atoms with Crippen molar-refractivity contribution in [2.45, 2.75) is 17.4 Å². The molecule has 45 heavy (non-hydrogen) atoms. The molecule has 0 fully saturated rings. The monoisotopic (exact) mass is 699 g/mol. The third kappa shape index (κ3) is 6.94. The van der Waals surface area contributed by atoms with Gasteiger partial charge in [0.1, 0.15) is 23.2 Å². The van der Waals surface area contributed by atoms with E-state index in [1.807, 2.05) is 0 Å². The van der Waals surface area contributed by atoms with Gasteiger partial charge in [-0.25, -0.2) is 27.0 Å². The fourth-order valence-electron chi connectivity index (χ4n) is 4.49. The SMILES string of the molecule is COC(=O)[C@H](Cc1ncc(Br)c2ncccc12)NC(=O)c1c(F)cc(NS(=O)(=O)c2ccc(-c3ccnc(F)c3)cc2)cc1F. The Morgan fingerprint density at radius 3 is 2.31 bits per heavy atom. The molecule has 3 heterocycles. The third-order valence-corrected chi connectivity index (χ3v) is 8.59. The predicted octanol–water partition coefficient (Wildman–Crippen LogP) is 5.19. The summed E-state index contributed by atoms with van der Waals surface area (Å²) in [6.45, 7) is 0. The summed E-state index contributed by atoms with van der Waals surface area (Å²) in [7, 11) is -3.24. The van der Waals surface area contributed by atoms with Crippen molar-refractivity contribution >= 4 is 54.4 Å². The maximum Gasteiger partial charge on any atom is 0.328 e. The maximum atomic E-state index is 15.1. The van der Waals surface area contributed by atoms with E-state index in [2.05, 4.69) is 40.9 Å². The summed E-state index contributed by atoms with van der Waals surface area (Å²) < 4.78 is 76.9. The smallest absolute Gasteiger partial charge is 0.328 e. The Hall–Kier alpha value is -4.89. The highest BCUT2D eigenvalue weighted by Gasteiger charge is 2.28. The van der Waals surface area contributed by atoms with Crippen LogP contribution in [0.15, 0.2) is 88.6 Å². The molecule has 10 nitrogen and oxygen atoms in total. The Kier molecular flexibility index (Phi) is 9.11. The van der Waals surface area contributed by atoms with Gasteiger partial charge < -0.3 is 10.1 Å². The second-order valence-corrected chi connectivity index (χ2v) is 12.1. The van der Waals surface area contributed by atoms with Crippen LogP contribution in [0.25, 0.3) is 22.0 Å². The minimum absolute atomic E-state index is 0.191. The summed E-state index contributed by atoms with van der Waals surface area (Å²) >= 11 is 3.35. The van der Waals surface area contributed by atoms with Gasteiger partial charge >= 0.3 is 5.97 Å². The van der Waals surface area contributed by atoms with E-state index in [1.165, 1.54) is 42.7 Å². The topological polar surface area (TPSA) is 140 Å². The highest BCUT2D eigenvalue weighted by molar-refractivity contribution is 9.10. The van der Waals surface area contributed by atoms with Crippen molar-refractivity contribution in [2.24, 2.45) is 0 Å². The molecule has 0 spiro atoms. The largest absolute Gasteiger partial charge is 0.467 e. The minimum atomic E-state index is -4.32. The van der Waals surface area contributed by atoms with E-state index >= 15 is 8.78 Å². The van der Waals surface area contributed by atoms with E-state index in [9.17, 15) is 22.4 Å². The number of halogens is 4. The summed E-state index contributed by atoms with van der Waals surface area (Å²) in [6, 6.07) is 11.3. The summed E-state index contributed by atoms with van der Waals surface area (Å²) in [6.07, 6.45) is 4.10. The van der Waals surface area contributed by atoms with Gasteiger partial charge in [0.05, 0.1) is 33.4 Å². The van der Waals surface area contributed by atoms with Gasteiger partial charge in [0.2, 0.25) is 5.95 Å². The normalized spacial score (nSPS) is 12.0. The zero-order valence-corrected chi connectivity index (χ0v) is 25.5. The van der Waals surface area contributed by atoms with Gasteiger partial charge in [-0.1, -0.05) is 12.1 Å². The van der Waals surface area contributed by atoms with Crippen LogP contribution in [0.3, 0.4) is 0 Å². The van der Waals surface area contributed by atoms with Crippen LogP contribution >= 0.6 is 15.9 Å². The Labute approximate surface area is 262 Å². The van der Waals surface area contributed by atoms with Gasteiger partial charge in [-0.3, -0.25) is 19.5 Å². The quantitative estimate of drug-likeness (QED) is 0.158. The number of anilines is 1. The molecule has 5 aromatic rings. The van der Waals surface area contributed by atoms with E-state index < -0.39 is 56.8 Å². The highest BCUT2D eigenvalue weighted by atomic mass is 79.9. The average molecular weight is 700 g/mol. The van der Waals surface area contributed by atoms with Gasteiger partial charge in [0.15, 0.2) is 0 Å². The summed E-state index contributed by atoms with van der Waals surface area (Å²) in [5.74, 6) is -5.66. The molecule has 5 rings (SSSR count). The van der Waals surface area contributed by atoms with Crippen molar-refractivity contribution in [1.29, 1.82) is 0 Å². The van der Waals surface area contributed by atoms with Crippen LogP contribution in [-0.2, 0) is 26.0 Å². The number of sulfonamides is 1. The first kappa shape index (κ1) is 31.5. The molecule has 230 valence electrons. The molecule has 0 aliphatic rings. The summed E-state index contributed by atoms with van der Waals surface area (Å²) in [5, 5.41) is 2.85. The molecule has 15 heteroatoms. The molecular formula is C30H21BrF3N5O5S. The molecule has 1 amide bonds. The lowest BCUT2D eigenvalue weighted by Gasteiger charge is -2.18. The first-order valence-corrected chi connectivity index (χ1v) is 15.2. The van der Waals surface area contributed by atoms with Crippen molar-refractivity contribution < 1.29 is 35.9 Å². The maximum absolute atomic E-state index is 15.1. The Bertz CT molecular complexity index is 2030. The molecule has 2 N–H and O–H groups in total. The Morgan fingerprint density at radius 1 is 0.933 bits per heavy atom. The zero-order valence-electron chi connectivity index (χ0n) is 23.1. The van der Waals surface area contributed by atoms with Crippen molar-refractivity contribution in [3.63, 3.8) is 0 Å². The lowest BCUT2D eigenvalue weighted by Crippen LogP contribution is -2.43. The number of methoxy groups -OCH3 is 1. The number of benzene rings is 2. The molecule has 0 unspecified atom stereocenters.